The van der Waals surface area contributed by atoms with Crippen molar-refractivity contribution >= 4 is 71.3 Å². The van der Waals surface area contributed by atoms with E-state index in [4.69, 9.17) is 4.42 Å². The molecule has 0 aliphatic carbocycles. The van der Waals surface area contributed by atoms with Crippen LogP contribution in [-0.2, 0) is 0 Å². The second kappa shape index (κ2) is 13.2. The third-order valence-electron chi connectivity index (χ3n) is 11.3. The molecule has 0 N–H and O–H groups in total. The van der Waals surface area contributed by atoms with E-state index in [2.05, 4.69) is 205 Å². The summed E-state index contributed by atoms with van der Waals surface area (Å²) in [5, 5.41) is 9.92. The standard InChI is InChI=1S/C54H35NO/c1-2-11-37(12-3-1)45-14-6-8-18-50(45)55(44-33-29-39(30-34-44)47-17-10-20-52-54(47)48-16-7-9-19-51(48)56-52)43-31-27-36(28-32-43)42-26-23-40-22-25-41-24-21-38-13-4-5-15-46(38)53(41)49(40)35-42/h1-35H. The molecule has 2 nitrogen and oxygen atoms in total. The number of para-hydroxylation sites is 2. The summed E-state index contributed by atoms with van der Waals surface area (Å²) in [6.45, 7) is 0. The smallest absolute Gasteiger partial charge is 0.136 e. The quantitative estimate of drug-likeness (QED) is 0.160. The lowest BCUT2D eigenvalue weighted by molar-refractivity contribution is 0.669. The Morgan fingerprint density at radius 2 is 0.857 bits per heavy atom. The van der Waals surface area contributed by atoms with Crippen molar-refractivity contribution in [2.24, 2.45) is 0 Å². The zero-order chi connectivity index (χ0) is 37.0. The summed E-state index contributed by atoms with van der Waals surface area (Å²) in [6, 6.07) is 76.5. The maximum atomic E-state index is 6.24. The number of benzene rings is 10. The highest BCUT2D eigenvalue weighted by Gasteiger charge is 2.19. The number of rotatable bonds is 6. The van der Waals surface area contributed by atoms with Crippen LogP contribution in [0.3, 0.4) is 0 Å². The monoisotopic (exact) mass is 713 g/mol. The molecule has 0 saturated heterocycles. The molecule has 0 radical (unpaired) electrons. The Labute approximate surface area is 325 Å². The van der Waals surface area contributed by atoms with Crippen LogP contribution < -0.4 is 4.90 Å². The van der Waals surface area contributed by atoms with Gasteiger partial charge in [-0.2, -0.15) is 0 Å². The highest BCUT2D eigenvalue weighted by atomic mass is 16.3. The number of hydrogen-bond donors (Lipinski definition) is 0. The molecule has 56 heavy (non-hydrogen) atoms. The van der Waals surface area contributed by atoms with Crippen LogP contribution in [-0.4, -0.2) is 0 Å². The fraction of sp³-hybridized carbons (Fsp3) is 0. The Morgan fingerprint density at radius 1 is 0.304 bits per heavy atom. The van der Waals surface area contributed by atoms with Crippen LogP contribution in [0.15, 0.2) is 217 Å². The first-order chi connectivity index (χ1) is 27.8. The average molecular weight is 714 g/mol. The van der Waals surface area contributed by atoms with E-state index in [0.29, 0.717) is 0 Å². The van der Waals surface area contributed by atoms with Gasteiger partial charge in [0.05, 0.1) is 5.69 Å². The zero-order valence-corrected chi connectivity index (χ0v) is 30.6. The van der Waals surface area contributed by atoms with Crippen LogP contribution in [0, 0.1) is 0 Å². The molecule has 0 atom stereocenters. The summed E-state index contributed by atoms with van der Waals surface area (Å²) in [7, 11) is 0. The van der Waals surface area contributed by atoms with Crippen molar-refractivity contribution in [3.63, 3.8) is 0 Å². The van der Waals surface area contributed by atoms with E-state index in [1.807, 2.05) is 12.1 Å². The molecule has 0 spiro atoms. The molecule has 0 amide bonds. The maximum Gasteiger partial charge on any atom is 0.136 e. The SMILES string of the molecule is c1ccc(-c2ccccc2N(c2ccc(-c3ccc4ccc5ccc6ccccc6c5c4c3)cc2)c2ccc(-c3cccc4oc5ccccc5c34)cc2)cc1. The second-order valence-electron chi connectivity index (χ2n) is 14.5. The van der Waals surface area contributed by atoms with Gasteiger partial charge in [0.15, 0.2) is 0 Å². The Balaban J connectivity index is 1.03. The van der Waals surface area contributed by atoms with Crippen molar-refractivity contribution in [1.82, 2.24) is 0 Å². The molecule has 1 heterocycles. The highest BCUT2D eigenvalue weighted by molar-refractivity contribution is 6.20. The first kappa shape index (κ1) is 32.0. The lowest BCUT2D eigenvalue weighted by atomic mass is 9.94. The topological polar surface area (TPSA) is 16.4 Å². The van der Waals surface area contributed by atoms with Crippen LogP contribution >= 0.6 is 0 Å². The van der Waals surface area contributed by atoms with Gasteiger partial charge in [-0.15, -0.1) is 0 Å². The molecule has 262 valence electrons. The molecule has 11 rings (SSSR count). The van der Waals surface area contributed by atoms with Crippen LogP contribution in [0.2, 0.25) is 0 Å². The van der Waals surface area contributed by atoms with Gasteiger partial charge < -0.3 is 9.32 Å². The zero-order valence-electron chi connectivity index (χ0n) is 30.6. The van der Waals surface area contributed by atoms with Gasteiger partial charge in [-0.25, -0.2) is 0 Å². The predicted octanol–water partition coefficient (Wildman–Crippen LogP) is 15.5. The van der Waals surface area contributed by atoms with E-state index in [1.54, 1.807) is 0 Å². The molecule has 10 aromatic carbocycles. The molecule has 1 aromatic heterocycles. The predicted molar refractivity (Wildman–Crippen MR) is 237 cm³/mol. The first-order valence-corrected chi connectivity index (χ1v) is 19.2. The Kier molecular flexibility index (Phi) is 7.53. The van der Waals surface area contributed by atoms with E-state index >= 15 is 0 Å². The van der Waals surface area contributed by atoms with Crippen LogP contribution in [0.5, 0.6) is 0 Å². The fourth-order valence-corrected chi connectivity index (χ4v) is 8.57. The summed E-state index contributed by atoms with van der Waals surface area (Å²) in [5.41, 5.74) is 12.1. The molecule has 11 aromatic rings. The number of furan rings is 1. The van der Waals surface area contributed by atoms with E-state index in [1.165, 1.54) is 54.6 Å². The Hall–Kier alpha value is -7.42. The average Bonchev–Trinajstić information content (AvgIpc) is 3.66. The van der Waals surface area contributed by atoms with Crippen molar-refractivity contribution in [3.05, 3.63) is 212 Å². The molecule has 0 unspecified atom stereocenters. The molecule has 0 aliphatic rings. The highest BCUT2D eigenvalue weighted by Crippen LogP contribution is 2.43. The lowest BCUT2D eigenvalue weighted by Crippen LogP contribution is -2.11. The van der Waals surface area contributed by atoms with E-state index < -0.39 is 0 Å². The minimum atomic E-state index is 0.902. The van der Waals surface area contributed by atoms with Gasteiger partial charge in [-0.3, -0.25) is 0 Å². The number of anilines is 3. The first-order valence-electron chi connectivity index (χ1n) is 19.2. The van der Waals surface area contributed by atoms with Gasteiger partial charge in [-0.1, -0.05) is 164 Å². The maximum absolute atomic E-state index is 6.24. The Morgan fingerprint density at radius 3 is 1.66 bits per heavy atom. The van der Waals surface area contributed by atoms with E-state index in [0.717, 1.165) is 50.1 Å². The molecule has 0 fully saturated rings. The minimum Gasteiger partial charge on any atom is -0.456 e. The third-order valence-corrected chi connectivity index (χ3v) is 11.3. The van der Waals surface area contributed by atoms with Crippen molar-refractivity contribution in [3.8, 4) is 33.4 Å². The summed E-state index contributed by atoms with van der Waals surface area (Å²) in [6.07, 6.45) is 0. The molecular weight excluding hydrogens is 679 g/mol. The van der Waals surface area contributed by atoms with Crippen LogP contribution in [0.4, 0.5) is 17.1 Å². The van der Waals surface area contributed by atoms with Crippen molar-refractivity contribution in [1.29, 1.82) is 0 Å². The van der Waals surface area contributed by atoms with Crippen molar-refractivity contribution in [2.75, 3.05) is 4.90 Å². The van der Waals surface area contributed by atoms with Gasteiger partial charge in [0.2, 0.25) is 0 Å². The molecule has 0 bridgehead atoms. The van der Waals surface area contributed by atoms with Gasteiger partial charge in [0.25, 0.3) is 0 Å². The summed E-state index contributed by atoms with van der Waals surface area (Å²) in [4.78, 5) is 2.38. The van der Waals surface area contributed by atoms with Gasteiger partial charge >= 0.3 is 0 Å². The minimum absolute atomic E-state index is 0.902. The summed E-state index contributed by atoms with van der Waals surface area (Å²) >= 11 is 0. The van der Waals surface area contributed by atoms with E-state index in [-0.39, 0.29) is 0 Å². The summed E-state index contributed by atoms with van der Waals surface area (Å²) < 4.78 is 6.24. The number of fused-ring (bicyclic) bond motifs is 8. The molecule has 0 aliphatic heterocycles. The normalized spacial score (nSPS) is 11.6. The van der Waals surface area contributed by atoms with E-state index in [9.17, 15) is 0 Å². The fourth-order valence-electron chi connectivity index (χ4n) is 8.57. The van der Waals surface area contributed by atoms with Crippen molar-refractivity contribution in [2.45, 2.75) is 0 Å². The lowest BCUT2D eigenvalue weighted by Gasteiger charge is -2.28. The second-order valence-corrected chi connectivity index (χ2v) is 14.5. The number of hydrogen-bond acceptors (Lipinski definition) is 2. The molecular formula is C54H35NO. The largest absolute Gasteiger partial charge is 0.456 e. The summed E-state index contributed by atoms with van der Waals surface area (Å²) in [5.74, 6) is 0. The third kappa shape index (κ3) is 5.34. The number of nitrogens with zero attached hydrogens (tertiary/aromatic N) is 1. The van der Waals surface area contributed by atoms with Crippen LogP contribution in [0.25, 0.3) is 87.6 Å². The van der Waals surface area contributed by atoms with Gasteiger partial charge in [0, 0.05) is 27.7 Å². The van der Waals surface area contributed by atoms with Gasteiger partial charge in [-0.05, 0) is 109 Å². The molecule has 0 saturated carbocycles. The van der Waals surface area contributed by atoms with Crippen LogP contribution in [0.1, 0.15) is 0 Å². The Bertz CT molecular complexity index is 3230. The van der Waals surface area contributed by atoms with Gasteiger partial charge in [0.1, 0.15) is 11.2 Å². The molecule has 2 heteroatoms. The van der Waals surface area contributed by atoms with Crippen molar-refractivity contribution < 1.29 is 4.42 Å².